The minimum atomic E-state index is -0.176. The number of hydrogen-bond donors (Lipinski definition) is 2. The molecule has 1 unspecified atom stereocenters. The fourth-order valence-corrected chi connectivity index (χ4v) is 2.80. The van der Waals surface area contributed by atoms with E-state index in [9.17, 15) is 4.79 Å². The molecule has 0 saturated heterocycles. The molecule has 0 radical (unpaired) electrons. The minimum absolute atomic E-state index is 0.0162. The second kappa shape index (κ2) is 7.28. The van der Waals surface area contributed by atoms with Crippen molar-refractivity contribution in [1.29, 1.82) is 0 Å². The average molecular weight is 304 g/mol. The number of aromatic nitrogens is 2. The van der Waals surface area contributed by atoms with Crippen LogP contribution in [0.25, 0.3) is 10.7 Å². The first-order valence-corrected chi connectivity index (χ1v) is 7.86. The molecule has 0 aliphatic carbocycles. The molecule has 2 aromatic rings. The molecule has 0 bridgehead atoms. The van der Waals surface area contributed by atoms with Crippen LogP contribution in [0.15, 0.2) is 29.8 Å². The number of carbonyl (C=O) groups excluding carboxylic acids is 1. The Morgan fingerprint density at radius 3 is 2.86 bits per heavy atom. The standard InChI is InChI=1S/C15H20N4OS/c1-10(2)7-11(8-16)18-14(20)13-9-21-15(19-13)12-5-3-4-6-17-12/h3-6,9-11H,7-8,16H2,1-2H3,(H,18,20). The summed E-state index contributed by atoms with van der Waals surface area (Å²) in [5.74, 6) is 0.308. The topological polar surface area (TPSA) is 80.9 Å². The molecule has 3 N–H and O–H groups in total. The molecule has 112 valence electrons. The van der Waals surface area contributed by atoms with E-state index in [0.717, 1.165) is 17.1 Å². The van der Waals surface area contributed by atoms with Crippen LogP contribution in [0.5, 0.6) is 0 Å². The van der Waals surface area contributed by atoms with Crippen LogP contribution in [-0.4, -0.2) is 28.5 Å². The fraction of sp³-hybridized carbons (Fsp3) is 0.400. The van der Waals surface area contributed by atoms with Gasteiger partial charge in [-0.2, -0.15) is 0 Å². The Morgan fingerprint density at radius 1 is 1.43 bits per heavy atom. The van der Waals surface area contributed by atoms with E-state index in [2.05, 4.69) is 29.1 Å². The van der Waals surface area contributed by atoms with Crippen molar-refractivity contribution in [2.45, 2.75) is 26.3 Å². The van der Waals surface area contributed by atoms with Crippen LogP contribution < -0.4 is 11.1 Å². The van der Waals surface area contributed by atoms with Gasteiger partial charge in [-0.3, -0.25) is 9.78 Å². The van der Waals surface area contributed by atoms with Gasteiger partial charge in [-0.15, -0.1) is 11.3 Å². The Kier molecular flexibility index (Phi) is 5.41. The normalized spacial score (nSPS) is 12.4. The van der Waals surface area contributed by atoms with E-state index < -0.39 is 0 Å². The molecular weight excluding hydrogens is 284 g/mol. The van der Waals surface area contributed by atoms with Gasteiger partial charge in [0.05, 0.1) is 5.69 Å². The predicted octanol–water partition coefficient (Wildman–Crippen LogP) is 2.31. The SMILES string of the molecule is CC(C)CC(CN)NC(=O)c1csc(-c2ccccn2)n1. The second-order valence-electron chi connectivity index (χ2n) is 5.29. The molecular formula is C15H20N4OS. The third-order valence-electron chi connectivity index (χ3n) is 3.00. The third kappa shape index (κ3) is 4.34. The Hall–Kier alpha value is -1.79. The lowest BCUT2D eigenvalue weighted by Crippen LogP contribution is -2.41. The van der Waals surface area contributed by atoms with Gasteiger partial charge in [0.2, 0.25) is 0 Å². The van der Waals surface area contributed by atoms with Gasteiger partial charge in [0.15, 0.2) is 0 Å². The molecule has 2 aromatic heterocycles. The zero-order chi connectivity index (χ0) is 15.2. The highest BCUT2D eigenvalue weighted by Crippen LogP contribution is 2.21. The summed E-state index contributed by atoms with van der Waals surface area (Å²) in [5, 5.41) is 5.44. The molecule has 0 saturated carbocycles. The lowest BCUT2D eigenvalue weighted by Gasteiger charge is -2.18. The summed E-state index contributed by atoms with van der Waals surface area (Å²) in [4.78, 5) is 20.8. The largest absolute Gasteiger partial charge is 0.347 e. The first-order valence-electron chi connectivity index (χ1n) is 6.98. The highest BCUT2D eigenvalue weighted by atomic mass is 32.1. The number of thiazole rings is 1. The number of pyridine rings is 1. The highest BCUT2D eigenvalue weighted by Gasteiger charge is 2.17. The van der Waals surface area contributed by atoms with Crippen molar-refractivity contribution in [3.63, 3.8) is 0 Å². The predicted molar refractivity (Wildman–Crippen MR) is 85.1 cm³/mol. The van der Waals surface area contributed by atoms with E-state index >= 15 is 0 Å². The van der Waals surface area contributed by atoms with Gasteiger partial charge in [-0.1, -0.05) is 19.9 Å². The molecule has 21 heavy (non-hydrogen) atoms. The van der Waals surface area contributed by atoms with Crippen LogP contribution in [0, 0.1) is 5.92 Å². The van der Waals surface area contributed by atoms with Crippen molar-refractivity contribution in [1.82, 2.24) is 15.3 Å². The molecule has 1 atom stereocenters. The van der Waals surface area contributed by atoms with E-state index in [-0.39, 0.29) is 11.9 Å². The van der Waals surface area contributed by atoms with Gasteiger partial charge in [0.1, 0.15) is 10.7 Å². The maximum atomic E-state index is 12.2. The van der Waals surface area contributed by atoms with E-state index in [1.807, 2.05) is 18.2 Å². The van der Waals surface area contributed by atoms with Crippen molar-refractivity contribution in [3.8, 4) is 10.7 Å². The summed E-state index contributed by atoms with van der Waals surface area (Å²) in [6.07, 6.45) is 2.57. The van der Waals surface area contributed by atoms with Crippen LogP contribution in [0.4, 0.5) is 0 Å². The van der Waals surface area contributed by atoms with Gasteiger partial charge in [0, 0.05) is 24.2 Å². The summed E-state index contributed by atoms with van der Waals surface area (Å²) >= 11 is 1.41. The van der Waals surface area contributed by atoms with Crippen LogP contribution in [0.2, 0.25) is 0 Å². The molecule has 2 rings (SSSR count). The molecule has 0 aliphatic heterocycles. The smallest absolute Gasteiger partial charge is 0.271 e. The molecule has 0 spiro atoms. The zero-order valence-electron chi connectivity index (χ0n) is 12.2. The zero-order valence-corrected chi connectivity index (χ0v) is 13.1. The molecule has 6 heteroatoms. The van der Waals surface area contributed by atoms with Crippen LogP contribution >= 0.6 is 11.3 Å². The van der Waals surface area contributed by atoms with E-state index in [0.29, 0.717) is 18.2 Å². The second-order valence-corrected chi connectivity index (χ2v) is 6.15. The summed E-state index contributed by atoms with van der Waals surface area (Å²) in [6, 6.07) is 5.61. The fourth-order valence-electron chi connectivity index (χ4n) is 2.03. The monoisotopic (exact) mass is 304 g/mol. The van der Waals surface area contributed by atoms with Gasteiger partial charge in [-0.25, -0.2) is 4.98 Å². The van der Waals surface area contributed by atoms with Crippen molar-refractivity contribution < 1.29 is 4.79 Å². The van der Waals surface area contributed by atoms with E-state index in [1.165, 1.54) is 11.3 Å². The molecule has 2 heterocycles. The van der Waals surface area contributed by atoms with Crippen LogP contribution in [-0.2, 0) is 0 Å². The Morgan fingerprint density at radius 2 is 2.24 bits per heavy atom. The number of nitrogens with two attached hydrogens (primary N) is 1. The summed E-state index contributed by atoms with van der Waals surface area (Å²) < 4.78 is 0. The molecule has 0 aromatic carbocycles. The Bertz CT molecular complexity index is 582. The number of amides is 1. The van der Waals surface area contributed by atoms with E-state index in [4.69, 9.17) is 5.73 Å². The minimum Gasteiger partial charge on any atom is -0.347 e. The van der Waals surface area contributed by atoms with Gasteiger partial charge in [-0.05, 0) is 24.5 Å². The maximum absolute atomic E-state index is 12.2. The quantitative estimate of drug-likeness (QED) is 0.858. The van der Waals surface area contributed by atoms with Crippen molar-refractivity contribution in [2.24, 2.45) is 11.7 Å². The molecule has 0 aliphatic rings. The highest BCUT2D eigenvalue weighted by molar-refractivity contribution is 7.13. The summed E-state index contributed by atoms with van der Waals surface area (Å²) in [6.45, 7) is 4.65. The van der Waals surface area contributed by atoms with Crippen molar-refractivity contribution in [2.75, 3.05) is 6.54 Å². The van der Waals surface area contributed by atoms with Crippen LogP contribution in [0.3, 0.4) is 0 Å². The lowest BCUT2D eigenvalue weighted by atomic mass is 10.0. The van der Waals surface area contributed by atoms with Crippen molar-refractivity contribution in [3.05, 3.63) is 35.5 Å². The summed E-state index contributed by atoms with van der Waals surface area (Å²) in [5.41, 5.74) is 6.90. The molecule has 1 amide bonds. The number of nitrogens with one attached hydrogen (secondary N) is 1. The van der Waals surface area contributed by atoms with Gasteiger partial charge in [0.25, 0.3) is 5.91 Å². The summed E-state index contributed by atoms with van der Waals surface area (Å²) in [7, 11) is 0. The van der Waals surface area contributed by atoms with Crippen LogP contribution in [0.1, 0.15) is 30.8 Å². The number of carbonyl (C=O) groups is 1. The maximum Gasteiger partial charge on any atom is 0.271 e. The van der Waals surface area contributed by atoms with Crippen molar-refractivity contribution >= 4 is 17.2 Å². The van der Waals surface area contributed by atoms with Gasteiger partial charge >= 0.3 is 0 Å². The third-order valence-corrected chi connectivity index (χ3v) is 3.86. The number of rotatable bonds is 6. The number of hydrogen-bond acceptors (Lipinski definition) is 5. The number of nitrogens with zero attached hydrogens (tertiary/aromatic N) is 2. The Labute approximate surface area is 128 Å². The first-order chi connectivity index (χ1) is 10.1. The lowest BCUT2D eigenvalue weighted by molar-refractivity contribution is 0.0929. The van der Waals surface area contributed by atoms with Gasteiger partial charge < -0.3 is 11.1 Å². The average Bonchev–Trinajstić information content (AvgIpc) is 2.97. The molecule has 0 fully saturated rings. The van der Waals surface area contributed by atoms with E-state index in [1.54, 1.807) is 11.6 Å². The first kappa shape index (κ1) is 15.6. The molecule has 5 nitrogen and oxygen atoms in total. The Balaban J connectivity index is 2.05.